The molecule has 7 nitrogen and oxygen atoms in total. The third kappa shape index (κ3) is 4.01. The number of benzene rings is 1. The molecule has 4 rings (SSSR count). The van der Waals surface area contributed by atoms with Gasteiger partial charge in [0.1, 0.15) is 11.0 Å². The first-order valence-corrected chi connectivity index (χ1v) is 11.9. The number of carbonyl (C=O) groups excluding carboxylic acids is 1. The van der Waals surface area contributed by atoms with Gasteiger partial charge in [-0.25, -0.2) is 13.4 Å². The molecule has 2 aliphatic heterocycles. The molecule has 3 heterocycles. The normalized spacial score (nSPS) is 22.6. The Balaban J connectivity index is 1.35. The number of amides is 1. The van der Waals surface area contributed by atoms with Crippen LogP contribution in [0.4, 0.5) is 0 Å². The Bertz CT molecular complexity index is 902. The first-order valence-electron chi connectivity index (χ1n) is 9.24. The van der Waals surface area contributed by atoms with Gasteiger partial charge < -0.3 is 4.90 Å². The number of thiazole rings is 1. The summed E-state index contributed by atoms with van der Waals surface area (Å²) in [5.41, 5.74) is 1.04. The van der Waals surface area contributed by atoms with Crippen molar-refractivity contribution in [3.63, 3.8) is 0 Å². The SMILES string of the molecule is CS(=O)(=O)N1CCCC1C(=O)N1CCN(Cc2nc3ccccc3s2)CC1. The van der Waals surface area contributed by atoms with Crippen LogP contribution >= 0.6 is 11.3 Å². The lowest BCUT2D eigenvalue weighted by Crippen LogP contribution is -2.54. The third-order valence-corrected chi connectivity index (χ3v) is 7.61. The van der Waals surface area contributed by atoms with Gasteiger partial charge in [-0.2, -0.15) is 4.31 Å². The van der Waals surface area contributed by atoms with Crippen LogP contribution in [0.25, 0.3) is 10.2 Å². The van der Waals surface area contributed by atoms with Crippen molar-refractivity contribution < 1.29 is 13.2 Å². The fraction of sp³-hybridized carbons (Fsp3) is 0.556. The number of fused-ring (bicyclic) bond motifs is 1. The van der Waals surface area contributed by atoms with E-state index in [0.29, 0.717) is 26.1 Å². The summed E-state index contributed by atoms with van der Waals surface area (Å²) in [5.74, 6) is -0.0439. The zero-order chi connectivity index (χ0) is 19.0. The monoisotopic (exact) mass is 408 g/mol. The molecule has 1 aromatic heterocycles. The van der Waals surface area contributed by atoms with Crippen LogP contribution in [-0.4, -0.2) is 78.4 Å². The van der Waals surface area contributed by atoms with Crippen LogP contribution in [0.1, 0.15) is 17.8 Å². The van der Waals surface area contributed by atoms with Crippen molar-refractivity contribution in [2.45, 2.75) is 25.4 Å². The second kappa shape index (κ2) is 7.46. The van der Waals surface area contributed by atoms with Crippen molar-refractivity contribution in [2.75, 3.05) is 39.0 Å². The average Bonchev–Trinajstić information content (AvgIpc) is 3.28. The summed E-state index contributed by atoms with van der Waals surface area (Å²) in [6.45, 7) is 4.09. The minimum Gasteiger partial charge on any atom is -0.339 e. The number of aromatic nitrogens is 1. The Morgan fingerprint density at radius 1 is 1.19 bits per heavy atom. The van der Waals surface area contributed by atoms with Gasteiger partial charge in [-0.15, -0.1) is 11.3 Å². The molecule has 1 unspecified atom stereocenters. The van der Waals surface area contributed by atoms with Crippen LogP contribution in [0.5, 0.6) is 0 Å². The number of nitrogens with zero attached hydrogens (tertiary/aromatic N) is 4. The summed E-state index contributed by atoms with van der Waals surface area (Å²) < 4.78 is 26.4. The minimum absolute atomic E-state index is 0.0439. The van der Waals surface area contributed by atoms with E-state index in [4.69, 9.17) is 0 Å². The topological polar surface area (TPSA) is 73.8 Å². The molecule has 0 spiro atoms. The summed E-state index contributed by atoms with van der Waals surface area (Å²) in [6, 6.07) is 7.62. The van der Waals surface area contributed by atoms with E-state index in [2.05, 4.69) is 16.0 Å². The molecule has 0 aliphatic carbocycles. The highest BCUT2D eigenvalue weighted by atomic mass is 32.2. The average molecular weight is 409 g/mol. The van der Waals surface area contributed by atoms with E-state index in [1.54, 1.807) is 11.3 Å². The lowest BCUT2D eigenvalue weighted by molar-refractivity contribution is -0.136. The summed E-state index contributed by atoms with van der Waals surface area (Å²) in [7, 11) is -3.33. The molecule has 1 atom stereocenters. The molecule has 0 N–H and O–H groups in total. The Kier molecular flexibility index (Phi) is 5.19. The molecule has 1 amide bonds. The highest BCUT2D eigenvalue weighted by Gasteiger charge is 2.39. The van der Waals surface area contributed by atoms with Crippen LogP contribution in [0.2, 0.25) is 0 Å². The van der Waals surface area contributed by atoms with Crippen molar-refractivity contribution in [2.24, 2.45) is 0 Å². The zero-order valence-electron chi connectivity index (χ0n) is 15.4. The van der Waals surface area contributed by atoms with Crippen LogP contribution < -0.4 is 0 Å². The molecular weight excluding hydrogens is 384 g/mol. The lowest BCUT2D eigenvalue weighted by atomic mass is 10.2. The van der Waals surface area contributed by atoms with Gasteiger partial charge in [0.05, 0.1) is 23.0 Å². The minimum atomic E-state index is -3.33. The third-order valence-electron chi connectivity index (χ3n) is 5.30. The largest absolute Gasteiger partial charge is 0.339 e. The molecule has 146 valence electrons. The quantitative estimate of drug-likeness (QED) is 0.764. The van der Waals surface area contributed by atoms with E-state index >= 15 is 0 Å². The highest BCUT2D eigenvalue weighted by Crippen LogP contribution is 2.25. The molecule has 2 saturated heterocycles. The van der Waals surface area contributed by atoms with Gasteiger partial charge in [0, 0.05) is 32.7 Å². The number of hydrogen-bond acceptors (Lipinski definition) is 6. The van der Waals surface area contributed by atoms with Crippen LogP contribution in [-0.2, 0) is 21.4 Å². The van der Waals surface area contributed by atoms with Gasteiger partial charge >= 0.3 is 0 Å². The molecule has 0 radical (unpaired) electrons. The van der Waals surface area contributed by atoms with E-state index in [-0.39, 0.29) is 5.91 Å². The smallest absolute Gasteiger partial charge is 0.241 e. The standard InChI is InChI=1S/C18H24N4O3S2/c1-27(24,25)22-8-4-6-15(22)18(23)21-11-9-20(10-12-21)13-17-19-14-5-2-3-7-16(14)26-17/h2-3,5,7,15H,4,6,8-13H2,1H3. The Morgan fingerprint density at radius 2 is 1.93 bits per heavy atom. The van der Waals surface area contributed by atoms with Gasteiger partial charge in [-0.3, -0.25) is 9.69 Å². The maximum Gasteiger partial charge on any atom is 0.241 e. The number of para-hydroxylation sites is 1. The van der Waals surface area contributed by atoms with Gasteiger partial charge in [0.25, 0.3) is 0 Å². The van der Waals surface area contributed by atoms with E-state index in [1.807, 2.05) is 23.1 Å². The van der Waals surface area contributed by atoms with Gasteiger partial charge in [0.15, 0.2) is 0 Å². The predicted molar refractivity (Wildman–Crippen MR) is 106 cm³/mol. The van der Waals surface area contributed by atoms with Crippen molar-refractivity contribution in [3.05, 3.63) is 29.3 Å². The number of hydrogen-bond donors (Lipinski definition) is 0. The second-order valence-electron chi connectivity index (χ2n) is 7.21. The molecule has 27 heavy (non-hydrogen) atoms. The van der Waals surface area contributed by atoms with Crippen LogP contribution in [0.3, 0.4) is 0 Å². The molecule has 9 heteroatoms. The molecule has 0 saturated carbocycles. The van der Waals surface area contributed by atoms with E-state index in [9.17, 15) is 13.2 Å². The lowest BCUT2D eigenvalue weighted by Gasteiger charge is -2.36. The fourth-order valence-electron chi connectivity index (χ4n) is 3.90. The van der Waals surface area contributed by atoms with E-state index in [1.165, 1.54) is 15.3 Å². The van der Waals surface area contributed by atoms with E-state index < -0.39 is 16.1 Å². The summed E-state index contributed by atoms with van der Waals surface area (Å²) in [6.07, 6.45) is 2.56. The maximum absolute atomic E-state index is 12.8. The first kappa shape index (κ1) is 18.8. The van der Waals surface area contributed by atoms with Crippen molar-refractivity contribution in [1.29, 1.82) is 0 Å². The Hall–Kier alpha value is -1.55. The molecular formula is C18H24N4O3S2. The second-order valence-corrected chi connectivity index (χ2v) is 10.3. The van der Waals surface area contributed by atoms with Crippen molar-refractivity contribution in [3.8, 4) is 0 Å². The zero-order valence-corrected chi connectivity index (χ0v) is 17.0. The Morgan fingerprint density at radius 3 is 2.63 bits per heavy atom. The van der Waals surface area contributed by atoms with Crippen molar-refractivity contribution >= 4 is 37.5 Å². The first-order chi connectivity index (χ1) is 12.9. The van der Waals surface area contributed by atoms with Crippen LogP contribution in [0, 0.1) is 0 Å². The summed E-state index contributed by atoms with van der Waals surface area (Å²) in [5, 5.41) is 1.09. The molecule has 0 bridgehead atoms. The summed E-state index contributed by atoms with van der Waals surface area (Å²) >= 11 is 1.71. The molecule has 2 aliphatic rings. The fourth-order valence-corrected chi connectivity index (χ4v) is 6.03. The molecule has 2 fully saturated rings. The predicted octanol–water partition coefficient (Wildman–Crippen LogP) is 1.36. The molecule has 2 aromatic rings. The van der Waals surface area contributed by atoms with Gasteiger partial charge in [0.2, 0.25) is 15.9 Å². The maximum atomic E-state index is 12.8. The summed E-state index contributed by atoms with van der Waals surface area (Å²) in [4.78, 5) is 21.6. The number of carbonyl (C=O) groups is 1. The van der Waals surface area contributed by atoms with Crippen LogP contribution in [0.15, 0.2) is 24.3 Å². The van der Waals surface area contributed by atoms with Crippen molar-refractivity contribution in [1.82, 2.24) is 19.1 Å². The molecule has 1 aromatic carbocycles. The van der Waals surface area contributed by atoms with Gasteiger partial charge in [-0.05, 0) is 25.0 Å². The van der Waals surface area contributed by atoms with E-state index in [0.717, 1.165) is 36.6 Å². The van der Waals surface area contributed by atoms with Gasteiger partial charge in [-0.1, -0.05) is 12.1 Å². The highest BCUT2D eigenvalue weighted by molar-refractivity contribution is 7.88. The number of rotatable bonds is 4. The Labute approximate surface area is 163 Å². The number of piperazine rings is 1. The number of sulfonamides is 1.